The third kappa shape index (κ3) is 4.13. The second-order valence-electron chi connectivity index (χ2n) is 8.19. The molecule has 0 aliphatic rings. The lowest BCUT2D eigenvalue weighted by Gasteiger charge is -2.36. The number of nitrogens with two attached hydrogens (primary N) is 1. The van der Waals surface area contributed by atoms with E-state index in [9.17, 15) is 4.79 Å². The zero-order chi connectivity index (χ0) is 21.1. The van der Waals surface area contributed by atoms with E-state index in [1.807, 2.05) is 30.3 Å². The van der Waals surface area contributed by atoms with E-state index >= 15 is 0 Å². The van der Waals surface area contributed by atoms with Gasteiger partial charge in [0.2, 0.25) is 5.69 Å². The van der Waals surface area contributed by atoms with E-state index in [0.717, 1.165) is 5.56 Å². The smallest absolute Gasteiger partial charge is 0.355 e. The van der Waals surface area contributed by atoms with Crippen molar-refractivity contribution in [2.75, 3.05) is 19.5 Å². The van der Waals surface area contributed by atoms with Crippen LogP contribution in [0.3, 0.4) is 0 Å². The number of nitrogens with zero attached hydrogens (tertiary/aromatic N) is 2. The standard InChI is InChI=1S/C21H29N3O3Si/c1-21(2,3)28(6,7)27-14-13-24-18(15-11-9-8-10-12-15)17(23-4)16(22)19(24)20(25)26-5/h8-12H,13-14,22H2,1-3,5-7H3. The quantitative estimate of drug-likeness (QED) is 0.417. The van der Waals surface area contributed by atoms with Gasteiger partial charge in [-0.05, 0) is 23.7 Å². The number of hydrogen-bond donors (Lipinski definition) is 1. The van der Waals surface area contributed by atoms with E-state index in [-0.39, 0.29) is 22.1 Å². The molecule has 0 aliphatic carbocycles. The van der Waals surface area contributed by atoms with Gasteiger partial charge in [-0.2, -0.15) is 0 Å². The maximum atomic E-state index is 12.4. The summed E-state index contributed by atoms with van der Waals surface area (Å²) in [6, 6.07) is 9.48. The fraction of sp³-hybridized carbons (Fsp3) is 0.429. The van der Waals surface area contributed by atoms with Gasteiger partial charge in [-0.1, -0.05) is 51.1 Å². The first-order valence-corrected chi connectivity index (χ1v) is 12.1. The highest BCUT2D eigenvalue weighted by Gasteiger charge is 2.37. The van der Waals surface area contributed by atoms with Crippen LogP contribution in [0.2, 0.25) is 18.1 Å². The molecule has 28 heavy (non-hydrogen) atoms. The van der Waals surface area contributed by atoms with Crippen LogP contribution in [0, 0.1) is 6.57 Å². The normalized spacial score (nSPS) is 11.9. The number of methoxy groups -OCH3 is 1. The van der Waals surface area contributed by atoms with Gasteiger partial charge in [0, 0.05) is 6.54 Å². The Morgan fingerprint density at radius 2 is 1.86 bits per heavy atom. The van der Waals surface area contributed by atoms with Crippen molar-refractivity contribution in [3.05, 3.63) is 47.4 Å². The van der Waals surface area contributed by atoms with Crippen molar-refractivity contribution >= 4 is 25.7 Å². The van der Waals surface area contributed by atoms with Crippen LogP contribution >= 0.6 is 0 Å². The Bertz CT molecular complexity index is 890. The molecule has 0 saturated carbocycles. The van der Waals surface area contributed by atoms with Gasteiger partial charge in [0.05, 0.1) is 31.7 Å². The summed E-state index contributed by atoms with van der Waals surface area (Å²) in [7, 11) is -0.634. The predicted octanol–water partition coefficient (Wildman–Crippen LogP) is 5.10. The summed E-state index contributed by atoms with van der Waals surface area (Å²) < 4.78 is 13.0. The van der Waals surface area contributed by atoms with Crippen molar-refractivity contribution < 1.29 is 14.0 Å². The summed E-state index contributed by atoms with van der Waals surface area (Å²) in [5, 5.41) is 0.0812. The number of ether oxygens (including phenoxy) is 1. The molecule has 0 amide bonds. The summed E-state index contributed by atoms with van der Waals surface area (Å²) in [5.41, 5.74) is 8.24. The number of nitrogen functional groups attached to an aromatic ring is 1. The van der Waals surface area contributed by atoms with Crippen molar-refractivity contribution in [3.8, 4) is 11.3 Å². The second-order valence-corrected chi connectivity index (χ2v) is 13.0. The van der Waals surface area contributed by atoms with Gasteiger partial charge in [0.25, 0.3) is 0 Å². The molecule has 6 nitrogen and oxygen atoms in total. The molecule has 0 unspecified atom stereocenters. The number of carbonyl (C=O) groups excluding carboxylic acids is 1. The maximum Gasteiger partial charge on any atom is 0.355 e. The van der Waals surface area contributed by atoms with Crippen molar-refractivity contribution in [2.24, 2.45) is 0 Å². The first kappa shape index (κ1) is 21.7. The largest absolute Gasteiger partial charge is 0.464 e. The summed E-state index contributed by atoms with van der Waals surface area (Å²) in [4.78, 5) is 16.0. The van der Waals surface area contributed by atoms with Crippen LogP contribution in [-0.4, -0.2) is 32.6 Å². The van der Waals surface area contributed by atoms with Gasteiger partial charge in [-0.3, -0.25) is 0 Å². The second kappa shape index (κ2) is 8.21. The molecule has 2 N–H and O–H groups in total. The highest BCUT2D eigenvalue weighted by Crippen LogP contribution is 2.41. The minimum Gasteiger partial charge on any atom is -0.464 e. The van der Waals surface area contributed by atoms with Crippen LogP contribution in [0.4, 0.5) is 11.4 Å². The average molecular weight is 400 g/mol. The molecule has 0 saturated heterocycles. The fourth-order valence-corrected chi connectivity index (χ4v) is 3.81. The monoisotopic (exact) mass is 399 g/mol. The Morgan fingerprint density at radius 3 is 2.36 bits per heavy atom. The molecule has 0 bridgehead atoms. The number of carbonyl (C=O) groups is 1. The highest BCUT2D eigenvalue weighted by atomic mass is 28.4. The lowest BCUT2D eigenvalue weighted by molar-refractivity contribution is 0.0589. The van der Waals surface area contributed by atoms with Crippen molar-refractivity contribution in [2.45, 2.75) is 45.4 Å². The van der Waals surface area contributed by atoms with Crippen molar-refractivity contribution in [3.63, 3.8) is 0 Å². The molecule has 150 valence electrons. The number of anilines is 1. The lowest BCUT2D eigenvalue weighted by Crippen LogP contribution is -2.41. The zero-order valence-electron chi connectivity index (χ0n) is 17.5. The number of benzene rings is 1. The van der Waals surface area contributed by atoms with Crippen LogP contribution in [0.25, 0.3) is 16.1 Å². The Labute approximate surface area is 168 Å². The van der Waals surface area contributed by atoms with Crippen LogP contribution in [0.15, 0.2) is 30.3 Å². The Hall–Kier alpha value is -2.56. The summed E-state index contributed by atoms with van der Waals surface area (Å²) in [5.74, 6) is -0.558. The average Bonchev–Trinajstić information content (AvgIpc) is 2.92. The number of hydrogen-bond acceptors (Lipinski definition) is 4. The Balaban J connectivity index is 2.52. The molecule has 0 atom stereocenters. The predicted molar refractivity (Wildman–Crippen MR) is 115 cm³/mol. The molecule has 1 heterocycles. The molecule has 1 aromatic carbocycles. The van der Waals surface area contributed by atoms with E-state index in [2.05, 4.69) is 38.7 Å². The van der Waals surface area contributed by atoms with Crippen molar-refractivity contribution in [1.82, 2.24) is 4.57 Å². The third-order valence-corrected chi connectivity index (χ3v) is 9.93. The number of esters is 1. The SMILES string of the molecule is [C-]#[N+]c1c(N)c(C(=O)OC)n(CCO[Si](C)(C)C(C)(C)C)c1-c1ccccc1. The van der Waals surface area contributed by atoms with Crippen LogP contribution in [-0.2, 0) is 15.7 Å². The third-order valence-electron chi connectivity index (χ3n) is 5.40. The van der Waals surface area contributed by atoms with Gasteiger partial charge in [0.15, 0.2) is 8.32 Å². The highest BCUT2D eigenvalue weighted by molar-refractivity contribution is 6.74. The number of rotatable bonds is 6. The molecule has 0 aliphatic heterocycles. The van der Waals surface area contributed by atoms with Gasteiger partial charge in [-0.15, -0.1) is 0 Å². The summed E-state index contributed by atoms with van der Waals surface area (Å²) >= 11 is 0. The molecule has 0 fully saturated rings. The first-order chi connectivity index (χ1) is 13.0. The maximum absolute atomic E-state index is 12.4. The molecule has 0 radical (unpaired) electrons. The van der Waals surface area contributed by atoms with Gasteiger partial charge < -0.3 is 19.5 Å². The van der Waals surface area contributed by atoms with Crippen LogP contribution < -0.4 is 5.73 Å². The molecular weight excluding hydrogens is 370 g/mol. The van der Waals surface area contributed by atoms with E-state index in [1.54, 1.807) is 4.57 Å². The summed E-state index contributed by atoms with van der Waals surface area (Å²) in [6.07, 6.45) is 0. The molecule has 7 heteroatoms. The topological polar surface area (TPSA) is 70.8 Å². The van der Waals surface area contributed by atoms with Crippen LogP contribution in [0.5, 0.6) is 0 Å². The van der Waals surface area contributed by atoms with E-state index in [1.165, 1.54) is 7.11 Å². The van der Waals surface area contributed by atoms with E-state index < -0.39 is 14.3 Å². The Morgan fingerprint density at radius 1 is 1.25 bits per heavy atom. The van der Waals surface area contributed by atoms with Gasteiger partial charge in [-0.25, -0.2) is 9.64 Å². The molecular formula is C21H29N3O3Si. The van der Waals surface area contributed by atoms with E-state index in [0.29, 0.717) is 18.8 Å². The molecule has 2 rings (SSSR count). The molecule has 1 aromatic heterocycles. The summed E-state index contributed by atoms with van der Waals surface area (Å²) in [6.45, 7) is 19.3. The van der Waals surface area contributed by atoms with Crippen LogP contribution in [0.1, 0.15) is 31.3 Å². The van der Waals surface area contributed by atoms with Crippen molar-refractivity contribution in [1.29, 1.82) is 0 Å². The lowest BCUT2D eigenvalue weighted by atomic mass is 10.1. The Kier molecular flexibility index (Phi) is 6.37. The molecule has 0 spiro atoms. The minimum absolute atomic E-state index is 0.0812. The van der Waals surface area contributed by atoms with E-state index in [4.69, 9.17) is 21.5 Å². The van der Waals surface area contributed by atoms with Gasteiger partial charge >= 0.3 is 5.97 Å². The zero-order valence-corrected chi connectivity index (χ0v) is 18.5. The van der Waals surface area contributed by atoms with Gasteiger partial charge in [0.1, 0.15) is 5.69 Å². The first-order valence-electron chi connectivity index (χ1n) is 9.22. The fourth-order valence-electron chi connectivity index (χ4n) is 2.78. The molecule has 2 aromatic rings. The number of aromatic nitrogens is 1. The minimum atomic E-state index is -1.94.